The van der Waals surface area contributed by atoms with E-state index in [1.54, 1.807) is 12.0 Å². The Kier molecular flexibility index (Phi) is 7.43. The highest BCUT2D eigenvalue weighted by Gasteiger charge is 2.32. The van der Waals surface area contributed by atoms with Crippen molar-refractivity contribution in [1.29, 1.82) is 0 Å². The number of hydrogen-bond donors (Lipinski definition) is 1. The Hall–Kier alpha value is -1.14. The molecule has 110 valence electrons. The molecule has 1 N–H and O–H groups in total. The van der Waals surface area contributed by atoms with E-state index < -0.39 is 0 Å². The molecular weight excluding hydrogens is 248 g/mol. The molecule has 0 aromatic rings. The Morgan fingerprint density at radius 1 is 1.32 bits per heavy atom. The molecule has 0 spiro atoms. The SMILES string of the molecule is CCCC1C(=O)NCC(=O)N1CCCOCCOC. The van der Waals surface area contributed by atoms with Crippen LogP contribution in [0.1, 0.15) is 26.2 Å². The van der Waals surface area contributed by atoms with Gasteiger partial charge in [-0.25, -0.2) is 0 Å². The van der Waals surface area contributed by atoms with E-state index in [0.717, 1.165) is 12.8 Å². The van der Waals surface area contributed by atoms with Crippen LogP contribution in [0.3, 0.4) is 0 Å². The molecule has 2 amide bonds. The van der Waals surface area contributed by atoms with Gasteiger partial charge in [0, 0.05) is 20.3 Å². The number of methoxy groups -OCH3 is 1. The average molecular weight is 272 g/mol. The molecule has 1 atom stereocenters. The zero-order chi connectivity index (χ0) is 14.1. The third kappa shape index (κ3) is 5.16. The van der Waals surface area contributed by atoms with Gasteiger partial charge in [-0.1, -0.05) is 13.3 Å². The molecule has 1 aliphatic heterocycles. The van der Waals surface area contributed by atoms with E-state index in [9.17, 15) is 9.59 Å². The fourth-order valence-corrected chi connectivity index (χ4v) is 2.12. The molecule has 1 fully saturated rings. The molecule has 1 unspecified atom stereocenters. The van der Waals surface area contributed by atoms with Gasteiger partial charge in [-0.05, 0) is 12.8 Å². The molecule has 19 heavy (non-hydrogen) atoms. The van der Waals surface area contributed by atoms with Gasteiger partial charge < -0.3 is 19.7 Å². The number of hydrogen-bond acceptors (Lipinski definition) is 4. The summed E-state index contributed by atoms with van der Waals surface area (Å²) in [6.45, 7) is 4.41. The maximum Gasteiger partial charge on any atom is 0.243 e. The molecule has 0 aromatic carbocycles. The van der Waals surface area contributed by atoms with Gasteiger partial charge in [-0.3, -0.25) is 9.59 Å². The summed E-state index contributed by atoms with van der Waals surface area (Å²) in [6, 6.07) is -0.315. The minimum atomic E-state index is -0.315. The fraction of sp³-hybridized carbons (Fsp3) is 0.846. The van der Waals surface area contributed by atoms with E-state index in [1.165, 1.54) is 0 Å². The van der Waals surface area contributed by atoms with Crippen LogP contribution in [-0.2, 0) is 19.1 Å². The Balaban J connectivity index is 2.34. The predicted octanol–water partition coefficient (Wildman–Crippen LogP) is 0.167. The van der Waals surface area contributed by atoms with Crippen molar-refractivity contribution in [3.63, 3.8) is 0 Å². The normalized spacial score (nSPS) is 19.7. The largest absolute Gasteiger partial charge is 0.382 e. The third-order valence-electron chi connectivity index (χ3n) is 3.09. The van der Waals surface area contributed by atoms with Crippen molar-refractivity contribution in [3.05, 3.63) is 0 Å². The maximum absolute atomic E-state index is 11.8. The van der Waals surface area contributed by atoms with E-state index in [-0.39, 0.29) is 24.4 Å². The molecule has 1 heterocycles. The van der Waals surface area contributed by atoms with E-state index in [0.29, 0.717) is 32.8 Å². The van der Waals surface area contributed by atoms with E-state index in [1.807, 2.05) is 6.92 Å². The summed E-state index contributed by atoms with van der Waals surface area (Å²) in [6.07, 6.45) is 2.33. The van der Waals surface area contributed by atoms with Crippen molar-refractivity contribution in [2.24, 2.45) is 0 Å². The number of ether oxygens (including phenoxy) is 2. The zero-order valence-corrected chi connectivity index (χ0v) is 11.8. The summed E-state index contributed by atoms with van der Waals surface area (Å²) >= 11 is 0. The summed E-state index contributed by atoms with van der Waals surface area (Å²) < 4.78 is 10.2. The molecule has 0 aromatic heterocycles. The third-order valence-corrected chi connectivity index (χ3v) is 3.09. The van der Waals surface area contributed by atoms with Gasteiger partial charge in [0.25, 0.3) is 0 Å². The quantitative estimate of drug-likeness (QED) is 0.607. The lowest BCUT2D eigenvalue weighted by Gasteiger charge is -2.34. The summed E-state index contributed by atoms with van der Waals surface area (Å²) in [4.78, 5) is 25.3. The van der Waals surface area contributed by atoms with Gasteiger partial charge in [-0.2, -0.15) is 0 Å². The monoisotopic (exact) mass is 272 g/mol. The van der Waals surface area contributed by atoms with Crippen LogP contribution >= 0.6 is 0 Å². The van der Waals surface area contributed by atoms with Crippen LogP contribution in [0.25, 0.3) is 0 Å². The van der Waals surface area contributed by atoms with Crippen molar-refractivity contribution in [3.8, 4) is 0 Å². The van der Waals surface area contributed by atoms with Gasteiger partial charge in [0.2, 0.25) is 11.8 Å². The first-order chi connectivity index (χ1) is 9.20. The Morgan fingerprint density at radius 2 is 2.11 bits per heavy atom. The second-order valence-electron chi connectivity index (χ2n) is 4.57. The Morgan fingerprint density at radius 3 is 2.79 bits per heavy atom. The molecule has 6 heteroatoms. The minimum absolute atomic E-state index is 0.00468. The van der Waals surface area contributed by atoms with Crippen molar-refractivity contribution < 1.29 is 19.1 Å². The fourth-order valence-electron chi connectivity index (χ4n) is 2.12. The molecule has 0 radical (unpaired) electrons. The van der Waals surface area contributed by atoms with Crippen LogP contribution in [0.2, 0.25) is 0 Å². The number of carbonyl (C=O) groups is 2. The number of carbonyl (C=O) groups excluding carboxylic acids is 2. The molecular formula is C13H24N2O4. The first-order valence-electron chi connectivity index (χ1n) is 6.84. The van der Waals surface area contributed by atoms with Crippen molar-refractivity contribution in [2.45, 2.75) is 32.2 Å². The smallest absolute Gasteiger partial charge is 0.243 e. The number of rotatable bonds is 9. The minimum Gasteiger partial charge on any atom is -0.382 e. The van der Waals surface area contributed by atoms with Gasteiger partial charge in [-0.15, -0.1) is 0 Å². The maximum atomic E-state index is 11.8. The molecule has 0 bridgehead atoms. The van der Waals surface area contributed by atoms with Gasteiger partial charge in [0.1, 0.15) is 6.04 Å². The van der Waals surface area contributed by atoms with Crippen molar-refractivity contribution in [2.75, 3.05) is 40.0 Å². The summed E-state index contributed by atoms with van der Waals surface area (Å²) in [5.74, 6) is -0.0447. The molecule has 1 rings (SSSR count). The highest BCUT2D eigenvalue weighted by Crippen LogP contribution is 2.12. The van der Waals surface area contributed by atoms with Crippen molar-refractivity contribution >= 4 is 11.8 Å². The average Bonchev–Trinajstić information content (AvgIpc) is 2.40. The topological polar surface area (TPSA) is 67.9 Å². The first kappa shape index (κ1) is 15.9. The van der Waals surface area contributed by atoms with E-state index >= 15 is 0 Å². The Bertz CT molecular complexity index is 296. The van der Waals surface area contributed by atoms with Crippen LogP contribution in [0, 0.1) is 0 Å². The van der Waals surface area contributed by atoms with Gasteiger partial charge in [0.15, 0.2) is 0 Å². The number of piperazine rings is 1. The molecule has 1 saturated heterocycles. The van der Waals surface area contributed by atoms with E-state index in [2.05, 4.69) is 5.32 Å². The highest BCUT2D eigenvalue weighted by atomic mass is 16.5. The first-order valence-corrected chi connectivity index (χ1v) is 6.84. The van der Waals surface area contributed by atoms with Gasteiger partial charge >= 0.3 is 0 Å². The Labute approximate surface area is 114 Å². The molecule has 6 nitrogen and oxygen atoms in total. The number of nitrogens with zero attached hydrogens (tertiary/aromatic N) is 1. The van der Waals surface area contributed by atoms with E-state index in [4.69, 9.17) is 9.47 Å². The standard InChI is InChI=1S/C13H24N2O4/c1-3-5-11-13(17)14-10-12(16)15(11)6-4-7-19-9-8-18-2/h11H,3-10H2,1-2H3,(H,14,17). The molecule has 0 aliphatic carbocycles. The summed E-state index contributed by atoms with van der Waals surface area (Å²) in [7, 11) is 1.63. The van der Waals surface area contributed by atoms with Crippen LogP contribution in [0.15, 0.2) is 0 Å². The zero-order valence-electron chi connectivity index (χ0n) is 11.8. The summed E-state index contributed by atoms with van der Waals surface area (Å²) in [5.41, 5.74) is 0. The number of nitrogens with one attached hydrogen (secondary N) is 1. The van der Waals surface area contributed by atoms with Crippen LogP contribution in [0.4, 0.5) is 0 Å². The lowest BCUT2D eigenvalue weighted by molar-refractivity contribution is -0.146. The highest BCUT2D eigenvalue weighted by molar-refractivity contribution is 5.94. The molecule has 0 saturated carbocycles. The lowest BCUT2D eigenvalue weighted by atomic mass is 10.1. The lowest BCUT2D eigenvalue weighted by Crippen LogP contribution is -2.58. The summed E-state index contributed by atoms with van der Waals surface area (Å²) in [5, 5.41) is 2.64. The predicted molar refractivity (Wildman–Crippen MR) is 70.7 cm³/mol. The van der Waals surface area contributed by atoms with Crippen LogP contribution in [0.5, 0.6) is 0 Å². The second-order valence-corrected chi connectivity index (χ2v) is 4.57. The van der Waals surface area contributed by atoms with Gasteiger partial charge in [0.05, 0.1) is 19.8 Å². The molecule has 1 aliphatic rings. The van der Waals surface area contributed by atoms with Crippen molar-refractivity contribution in [1.82, 2.24) is 10.2 Å². The second kappa shape index (κ2) is 8.87. The van der Waals surface area contributed by atoms with Crippen LogP contribution in [-0.4, -0.2) is 62.8 Å². The van der Waals surface area contributed by atoms with Crippen LogP contribution < -0.4 is 5.32 Å². The number of amides is 2.